The van der Waals surface area contributed by atoms with Gasteiger partial charge in [0.25, 0.3) is 0 Å². The van der Waals surface area contributed by atoms with Crippen LogP contribution in [0.1, 0.15) is 0 Å². The van der Waals surface area contributed by atoms with Gasteiger partial charge in [0.1, 0.15) is 6.01 Å². The lowest BCUT2D eigenvalue weighted by atomic mass is 10.4. The Bertz CT molecular complexity index is 197. The zero-order chi connectivity index (χ0) is 7.40. The fourth-order valence-electron chi connectivity index (χ4n) is 0.594. The van der Waals surface area contributed by atoms with Gasteiger partial charge in [0.2, 0.25) is 0 Å². The van der Waals surface area contributed by atoms with Gasteiger partial charge in [-0.1, -0.05) is 23.4 Å². The SMILES string of the molecule is FCSc1ccc(Cl)cc1. The second-order valence-corrected chi connectivity index (χ2v) is 3.12. The highest BCUT2D eigenvalue weighted by molar-refractivity contribution is 7.99. The Kier molecular flexibility index (Phi) is 3.03. The van der Waals surface area contributed by atoms with E-state index in [-0.39, 0.29) is 6.01 Å². The van der Waals surface area contributed by atoms with Gasteiger partial charge in [-0.2, -0.15) is 0 Å². The molecule has 0 atom stereocenters. The molecular formula is C7H6ClFS. The average molecular weight is 177 g/mol. The molecule has 0 aliphatic carbocycles. The maximum absolute atomic E-state index is 11.7. The van der Waals surface area contributed by atoms with E-state index in [1.54, 1.807) is 24.3 Å². The minimum atomic E-state index is -0.387. The van der Waals surface area contributed by atoms with Crippen molar-refractivity contribution >= 4 is 23.4 Å². The van der Waals surface area contributed by atoms with Crippen LogP contribution in [0.5, 0.6) is 0 Å². The van der Waals surface area contributed by atoms with E-state index in [9.17, 15) is 4.39 Å². The summed E-state index contributed by atoms with van der Waals surface area (Å²) in [5.74, 6) is 0. The Labute approximate surface area is 68.4 Å². The summed E-state index contributed by atoms with van der Waals surface area (Å²) in [6.45, 7) is 0. The van der Waals surface area contributed by atoms with Crippen LogP contribution in [0.15, 0.2) is 29.2 Å². The van der Waals surface area contributed by atoms with Crippen molar-refractivity contribution in [3.63, 3.8) is 0 Å². The zero-order valence-corrected chi connectivity index (χ0v) is 6.75. The Morgan fingerprint density at radius 1 is 1.30 bits per heavy atom. The minimum absolute atomic E-state index is 0.387. The van der Waals surface area contributed by atoms with Gasteiger partial charge in [-0.05, 0) is 24.3 Å². The van der Waals surface area contributed by atoms with Crippen LogP contribution in [0.3, 0.4) is 0 Å². The number of halogens is 2. The Balaban J connectivity index is 2.69. The number of benzene rings is 1. The largest absolute Gasteiger partial charge is 0.239 e. The highest BCUT2D eigenvalue weighted by atomic mass is 35.5. The molecule has 0 radical (unpaired) electrons. The number of thioether (sulfide) groups is 1. The lowest BCUT2D eigenvalue weighted by Gasteiger charge is -1.94. The Hall–Kier alpha value is -0.210. The van der Waals surface area contributed by atoms with Gasteiger partial charge in [-0.25, -0.2) is 4.39 Å². The fourth-order valence-corrected chi connectivity index (χ4v) is 1.17. The summed E-state index contributed by atoms with van der Waals surface area (Å²) in [4.78, 5) is 0.909. The summed E-state index contributed by atoms with van der Waals surface area (Å²) in [5, 5.41) is 0.684. The van der Waals surface area contributed by atoms with Crippen LogP contribution < -0.4 is 0 Å². The molecule has 0 saturated heterocycles. The number of hydrogen-bond acceptors (Lipinski definition) is 1. The molecule has 0 amide bonds. The van der Waals surface area contributed by atoms with E-state index in [0.29, 0.717) is 5.02 Å². The normalized spacial score (nSPS) is 9.80. The first-order chi connectivity index (χ1) is 4.83. The third kappa shape index (κ3) is 2.20. The van der Waals surface area contributed by atoms with E-state index >= 15 is 0 Å². The highest BCUT2D eigenvalue weighted by Crippen LogP contribution is 2.19. The van der Waals surface area contributed by atoms with Crippen molar-refractivity contribution in [1.29, 1.82) is 0 Å². The molecule has 54 valence electrons. The first kappa shape index (κ1) is 7.89. The monoisotopic (exact) mass is 176 g/mol. The predicted octanol–water partition coefficient (Wildman–Crippen LogP) is 3.36. The third-order valence-corrected chi connectivity index (χ3v) is 2.00. The van der Waals surface area contributed by atoms with E-state index in [2.05, 4.69) is 0 Å². The first-order valence-electron chi connectivity index (χ1n) is 2.77. The van der Waals surface area contributed by atoms with Crippen LogP contribution >= 0.6 is 23.4 Å². The van der Waals surface area contributed by atoms with Gasteiger partial charge >= 0.3 is 0 Å². The van der Waals surface area contributed by atoms with Crippen LogP contribution in [0.25, 0.3) is 0 Å². The van der Waals surface area contributed by atoms with Gasteiger partial charge in [-0.15, -0.1) is 0 Å². The van der Waals surface area contributed by atoms with Crippen molar-refractivity contribution < 1.29 is 4.39 Å². The predicted molar refractivity (Wildman–Crippen MR) is 43.3 cm³/mol. The molecule has 1 aromatic carbocycles. The maximum atomic E-state index is 11.7. The number of hydrogen-bond donors (Lipinski definition) is 0. The molecule has 0 bridgehead atoms. The summed E-state index contributed by atoms with van der Waals surface area (Å²) < 4.78 is 11.7. The molecule has 0 saturated carbocycles. The second-order valence-electron chi connectivity index (χ2n) is 1.71. The van der Waals surface area contributed by atoms with Crippen LogP contribution in [0.2, 0.25) is 5.02 Å². The third-order valence-electron chi connectivity index (χ3n) is 1.03. The van der Waals surface area contributed by atoms with E-state index in [4.69, 9.17) is 11.6 Å². The molecule has 0 heterocycles. The molecule has 0 fully saturated rings. The summed E-state index contributed by atoms with van der Waals surface area (Å²) in [7, 11) is 0. The fraction of sp³-hybridized carbons (Fsp3) is 0.143. The molecule has 1 aromatic rings. The number of alkyl halides is 1. The van der Waals surface area contributed by atoms with Crippen molar-refractivity contribution in [3.05, 3.63) is 29.3 Å². The molecule has 3 heteroatoms. The quantitative estimate of drug-likeness (QED) is 0.623. The molecule has 0 aromatic heterocycles. The van der Waals surface area contributed by atoms with Gasteiger partial charge in [-0.3, -0.25) is 0 Å². The van der Waals surface area contributed by atoms with E-state index in [0.717, 1.165) is 16.7 Å². The van der Waals surface area contributed by atoms with Gasteiger partial charge < -0.3 is 0 Å². The van der Waals surface area contributed by atoms with E-state index < -0.39 is 0 Å². The van der Waals surface area contributed by atoms with Crippen LogP contribution in [0.4, 0.5) is 4.39 Å². The summed E-state index contributed by atoms with van der Waals surface area (Å²) in [6.07, 6.45) is 0. The first-order valence-corrected chi connectivity index (χ1v) is 4.13. The molecule has 0 aliphatic rings. The molecule has 10 heavy (non-hydrogen) atoms. The van der Waals surface area contributed by atoms with Crippen LogP contribution in [-0.2, 0) is 0 Å². The van der Waals surface area contributed by atoms with E-state index in [1.165, 1.54) is 0 Å². The van der Waals surface area contributed by atoms with Gasteiger partial charge in [0.15, 0.2) is 0 Å². The topological polar surface area (TPSA) is 0 Å². The summed E-state index contributed by atoms with van der Waals surface area (Å²) in [5.41, 5.74) is 0. The molecular weight excluding hydrogens is 171 g/mol. The van der Waals surface area contributed by atoms with Gasteiger partial charge in [0, 0.05) is 9.92 Å². The lowest BCUT2D eigenvalue weighted by molar-refractivity contribution is 0.605. The molecule has 0 aliphatic heterocycles. The lowest BCUT2D eigenvalue weighted by Crippen LogP contribution is -1.69. The smallest absolute Gasteiger partial charge is 0.139 e. The highest BCUT2D eigenvalue weighted by Gasteiger charge is 1.90. The molecule has 0 nitrogen and oxygen atoms in total. The van der Waals surface area contributed by atoms with E-state index in [1.807, 2.05) is 0 Å². The zero-order valence-electron chi connectivity index (χ0n) is 5.18. The summed E-state index contributed by atoms with van der Waals surface area (Å²) >= 11 is 6.77. The Morgan fingerprint density at radius 2 is 1.90 bits per heavy atom. The summed E-state index contributed by atoms with van der Waals surface area (Å²) in [6, 6.07) is 6.71. The second kappa shape index (κ2) is 3.84. The van der Waals surface area contributed by atoms with Crippen LogP contribution in [-0.4, -0.2) is 6.01 Å². The van der Waals surface area contributed by atoms with Crippen molar-refractivity contribution in [2.24, 2.45) is 0 Å². The van der Waals surface area contributed by atoms with Crippen LogP contribution in [0, 0.1) is 0 Å². The van der Waals surface area contributed by atoms with Crippen molar-refractivity contribution in [2.45, 2.75) is 4.90 Å². The minimum Gasteiger partial charge on any atom is -0.239 e. The molecule has 1 rings (SSSR count). The van der Waals surface area contributed by atoms with Crippen molar-refractivity contribution in [1.82, 2.24) is 0 Å². The van der Waals surface area contributed by atoms with Crippen molar-refractivity contribution in [3.8, 4) is 0 Å². The molecule has 0 unspecified atom stereocenters. The average Bonchev–Trinajstić information content (AvgIpc) is 1.95. The molecule has 0 spiro atoms. The Morgan fingerprint density at radius 3 is 2.40 bits per heavy atom. The standard InChI is InChI=1S/C7H6ClFS/c8-6-1-3-7(4-2-6)10-5-9/h1-4H,5H2. The number of rotatable bonds is 2. The van der Waals surface area contributed by atoms with Gasteiger partial charge in [0.05, 0.1) is 0 Å². The molecule has 0 N–H and O–H groups in total. The maximum Gasteiger partial charge on any atom is 0.139 e. The van der Waals surface area contributed by atoms with Crippen molar-refractivity contribution in [2.75, 3.05) is 6.01 Å².